The minimum Gasteiger partial charge on any atom is -0.133 e. The van der Waals surface area contributed by atoms with Gasteiger partial charge < -0.3 is 0 Å². The van der Waals surface area contributed by atoms with Gasteiger partial charge in [-0.2, -0.15) is 0 Å². The van der Waals surface area contributed by atoms with Crippen molar-refractivity contribution >= 4 is 35.0 Å². The van der Waals surface area contributed by atoms with Crippen molar-refractivity contribution in [3.63, 3.8) is 0 Å². The molecule has 78 valence electrons. The summed E-state index contributed by atoms with van der Waals surface area (Å²) in [5.74, 6) is 1.45. The first-order valence-electron chi connectivity index (χ1n) is 4.78. The zero-order valence-electron chi connectivity index (χ0n) is 8.14. The van der Waals surface area contributed by atoms with Gasteiger partial charge in [-0.15, -0.1) is 35.0 Å². The van der Waals surface area contributed by atoms with Gasteiger partial charge in [0.05, 0.1) is 5.38 Å². The summed E-state index contributed by atoms with van der Waals surface area (Å²) in [6.45, 7) is 2.22. The highest BCUT2D eigenvalue weighted by atomic mass is 35.5. The van der Waals surface area contributed by atoms with E-state index in [0.717, 1.165) is 5.75 Å². The molecule has 0 heterocycles. The van der Waals surface area contributed by atoms with Crippen LogP contribution in [0.4, 0.5) is 0 Å². The van der Waals surface area contributed by atoms with Crippen molar-refractivity contribution in [3.8, 4) is 0 Å². The van der Waals surface area contributed by atoms with Crippen LogP contribution in [0.25, 0.3) is 0 Å². The predicted octanol–water partition coefficient (Wildman–Crippen LogP) is 4.66. The maximum absolute atomic E-state index is 5.84. The van der Waals surface area contributed by atoms with E-state index in [0.29, 0.717) is 5.88 Å². The Morgan fingerprint density at radius 1 is 1.38 bits per heavy atom. The number of halogens is 2. The quantitative estimate of drug-likeness (QED) is 0.440. The molecule has 0 aromatic heterocycles. The van der Waals surface area contributed by atoms with Crippen LogP contribution in [0.15, 0.2) is 11.5 Å². The first-order chi connectivity index (χ1) is 6.31. The fourth-order valence-electron chi connectivity index (χ4n) is 0.853. The molecule has 1 unspecified atom stereocenters. The zero-order chi connectivity index (χ0) is 9.94. The highest BCUT2D eigenvalue weighted by Gasteiger charge is 1.99. The van der Waals surface area contributed by atoms with E-state index in [9.17, 15) is 0 Å². The summed E-state index contributed by atoms with van der Waals surface area (Å²) in [5.41, 5.74) is 0. The number of thioether (sulfide) groups is 1. The minimum atomic E-state index is 0.104. The molecule has 0 aromatic rings. The summed E-state index contributed by atoms with van der Waals surface area (Å²) in [6.07, 6.45) is 7.33. The second-order valence-corrected chi connectivity index (χ2v) is 4.82. The second kappa shape index (κ2) is 10.7. The molecule has 0 radical (unpaired) electrons. The van der Waals surface area contributed by atoms with Gasteiger partial charge >= 0.3 is 0 Å². The molecule has 0 fully saturated rings. The first-order valence-corrected chi connectivity index (χ1v) is 6.79. The standard InChI is InChI=1S/C10H18Cl2S/c1-2-3-4-5-6-7-13-9-10(12)8-11/h6-7,10H,2-5,8-9H2,1H3. The van der Waals surface area contributed by atoms with Crippen LogP contribution < -0.4 is 0 Å². The molecule has 0 amide bonds. The molecule has 13 heavy (non-hydrogen) atoms. The van der Waals surface area contributed by atoms with Gasteiger partial charge in [0.1, 0.15) is 0 Å². The Labute approximate surface area is 96.1 Å². The van der Waals surface area contributed by atoms with Gasteiger partial charge in [0.25, 0.3) is 0 Å². The summed E-state index contributed by atoms with van der Waals surface area (Å²) in [5, 5.41) is 2.24. The van der Waals surface area contributed by atoms with Crippen LogP contribution in [0, 0.1) is 0 Å². The molecule has 0 rings (SSSR count). The van der Waals surface area contributed by atoms with E-state index in [2.05, 4.69) is 18.4 Å². The molecular weight excluding hydrogens is 223 g/mol. The lowest BCUT2D eigenvalue weighted by atomic mass is 10.2. The first kappa shape index (κ1) is 13.7. The Morgan fingerprint density at radius 3 is 2.77 bits per heavy atom. The van der Waals surface area contributed by atoms with Gasteiger partial charge in [0.2, 0.25) is 0 Å². The number of allylic oxidation sites excluding steroid dienone is 1. The van der Waals surface area contributed by atoms with Crippen molar-refractivity contribution in [3.05, 3.63) is 11.5 Å². The van der Waals surface area contributed by atoms with Crippen molar-refractivity contribution in [1.29, 1.82) is 0 Å². The van der Waals surface area contributed by atoms with E-state index in [4.69, 9.17) is 23.2 Å². The highest BCUT2D eigenvalue weighted by molar-refractivity contribution is 8.02. The topological polar surface area (TPSA) is 0 Å². The molecular formula is C10H18Cl2S. The summed E-state index contributed by atoms with van der Waals surface area (Å²) >= 11 is 13.2. The molecule has 0 saturated heterocycles. The van der Waals surface area contributed by atoms with E-state index in [1.165, 1.54) is 25.7 Å². The number of alkyl halides is 2. The summed E-state index contributed by atoms with van der Waals surface area (Å²) < 4.78 is 0. The number of hydrogen-bond donors (Lipinski definition) is 0. The highest BCUT2D eigenvalue weighted by Crippen LogP contribution is 2.11. The Kier molecular flexibility index (Phi) is 11.3. The molecule has 0 bridgehead atoms. The van der Waals surface area contributed by atoms with Gasteiger partial charge in [-0.1, -0.05) is 25.8 Å². The lowest BCUT2D eigenvalue weighted by Crippen LogP contribution is -2.01. The zero-order valence-corrected chi connectivity index (χ0v) is 10.5. The van der Waals surface area contributed by atoms with Crippen LogP contribution in [0.1, 0.15) is 32.6 Å². The molecule has 0 aliphatic rings. The maximum atomic E-state index is 5.84. The SMILES string of the molecule is CCCCCC=CSCC(Cl)CCl. The molecule has 0 aromatic carbocycles. The summed E-state index contributed by atoms with van der Waals surface area (Å²) in [7, 11) is 0. The number of rotatable bonds is 8. The van der Waals surface area contributed by atoms with Crippen molar-refractivity contribution in [1.82, 2.24) is 0 Å². The van der Waals surface area contributed by atoms with Crippen molar-refractivity contribution in [2.75, 3.05) is 11.6 Å². The normalized spacial score (nSPS) is 13.8. The molecule has 0 aliphatic heterocycles. The fourth-order valence-corrected chi connectivity index (χ4v) is 2.02. The monoisotopic (exact) mass is 240 g/mol. The molecule has 0 nitrogen and oxygen atoms in total. The predicted molar refractivity (Wildman–Crippen MR) is 66.1 cm³/mol. The Hall–Kier alpha value is 0.670. The summed E-state index contributed by atoms with van der Waals surface area (Å²) in [6, 6.07) is 0. The van der Waals surface area contributed by atoms with E-state index in [1.54, 1.807) is 11.8 Å². The van der Waals surface area contributed by atoms with E-state index < -0.39 is 0 Å². The van der Waals surface area contributed by atoms with Gasteiger partial charge in [0, 0.05) is 11.6 Å². The van der Waals surface area contributed by atoms with Crippen LogP contribution in [-0.4, -0.2) is 17.0 Å². The molecule has 3 heteroatoms. The lowest BCUT2D eigenvalue weighted by molar-refractivity contribution is 0.729. The van der Waals surface area contributed by atoms with Crippen LogP contribution in [-0.2, 0) is 0 Å². The maximum Gasteiger partial charge on any atom is 0.0565 e. The van der Waals surface area contributed by atoms with Crippen LogP contribution in [0.3, 0.4) is 0 Å². The van der Waals surface area contributed by atoms with Gasteiger partial charge in [-0.25, -0.2) is 0 Å². The van der Waals surface area contributed by atoms with E-state index in [1.807, 2.05) is 0 Å². The Morgan fingerprint density at radius 2 is 2.15 bits per heavy atom. The number of hydrogen-bond acceptors (Lipinski definition) is 1. The Bertz CT molecular complexity index is 126. The van der Waals surface area contributed by atoms with Gasteiger partial charge in [0.15, 0.2) is 0 Å². The van der Waals surface area contributed by atoms with Crippen molar-refractivity contribution in [2.24, 2.45) is 0 Å². The third-order valence-corrected chi connectivity index (χ3v) is 3.61. The van der Waals surface area contributed by atoms with Crippen LogP contribution >= 0.6 is 35.0 Å². The van der Waals surface area contributed by atoms with Crippen molar-refractivity contribution < 1.29 is 0 Å². The van der Waals surface area contributed by atoms with Crippen LogP contribution in [0.2, 0.25) is 0 Å². The van der Waals surface area contributed by atoms with Crippen molar-refractivity contribution in [2.45, 2.75) is 38.0 Å². The Balaban J connectivity index is 3.12. The molecule has 0 spiro atoms. The number of unbranched alkanes of at least 4 members (excludes halogenated alkanes) is 3. The minimum absolute atomic E-state index is 0.104. The third kappa shape index (κ3) is 10.6. The lowest BCUT2D eigenvalue weighted by Gasteiger charge is -2.00. The van der Waals surface area contributed by atoms with E-state index >= 15 is 0 Å². The molecule has 0 N–H and O–H groups in total. The van der Waals surface area contributed by atoms with Crippen LogP contribution in [0.5, 0.6) is 0 Å². The summed E-state index contributed by atoms with van der Waals surface area (Å²) in [4.78, 5) is 0. The fraction of sp³-hybridized carbons (Fsp3) is 0.800. The third-order valence-electron chi connectivity index (χ3n) is 1.61. The average Bonchev–Trinajstić information content (AvgIpc) is 2.16. The molecule has 0 aliphatic carbocycles. The average molecular weight is 241 g/mol. The second-order valence-electron chi connectivity index (χ2n) is 2.95. The van der Waals surface area contributed by atoms with E-state index in [-0.39, 0.29) is 5.38 Å². The molecule has 0 saturated carbocycles. The van der Waals surface area contributed by atoms with Gasteiger partial charge in [-0.3, -0.25) is 0 Å². The largest absolute Gasteiger partial charge is 0.133 e. The van der Waals surface area contributed by atoms with Gasteiger partial charge in [-0.05, 0) is 18.2 Å². The smallest absolute Gasteiger partial charge is 0.0565 e. The molecule has 1 atom stereocenters.